The van der Waals surface area contributed by atoms with Crippen molar-refractivity contribution in [2.45, 2.75) is 50.9 Å². The van der Waals surface area contributed by atoms with E-state index in [1.54, 1.807) is 23.7 Å². The van der Waals surface area contributed by atoms with E-state index in [1.807, 2.05) is 10.3 Å². The average molecular weight is 537 g/mol. The fraction of sp³-hybridized carbons (Fsp3) is 0.600. The van der Waals surface area contributed by atoms with Crippen molar-refractivity contribution < 1.29 is 9.59 Å². The number of carbonyl (C=O) groups is 2. The first-order chi connectivity index (χ1) is 17.0. The van der Waals surface area contributed by atoms with E-state index in [4.69, 9.17) is 28.2 Å². The van der Waals surface area contributed by atoms with Crippen molar-refractivity contribution in [2.75, 3.05) is 44.2 Å². The standard InChI is InChI=1S/C25H31Cl2N5O2S/c26-19-14-28-15-20(27)22(19)30-10-12-32(13-11-30)25(34)21-16-35-23(29-21)17-6-8-31(9-7-17)24(33)18-4-2-1-3-5-18/h14-18H,1-13H2. The maximum atomic E-state index is 13.1. The molecule has 0 radical (unpaired) electrons. The molecule has 2 aliphatic heterocycles. The number of hydrogen-bond donors (Lipinski definition) is 0. The van der Waals surface area contributed by atoms with Gasteiger partial charge in [0, 0.05) is 68.9 Å². The summed E-state index contributed by atoms with van der Waals surface area (Å²) in [4.78, 5) is 40.7. The molecule has 188 valence electrons. The van der Waals surface area contributed by atoms with Gasteiger partial charge in [-0.15, -0.1) is 11.3 Å². The molecular formula is C25H31Cl2N5O2S. The van der Waals surface area contributed by atoms with Crippen molar-refractivity contribution in [3.8, 4) is 0 Å². The van der Waals surface area contributed by atoms with Crippen LogP contribution >= 0.6 is 34.5 Å². The molecule has 1 aliphatic carbocycles. The Labute approximate surface area is 220 Å². The number of piperidine rings is 1. The summed E-state index contributed by atoms with van der Waals surface area (Å²) in [7, 11) is 0. The van der Waals surface area contributed by atoms with Crippen molar-refractivity contribution in [3.05, 3.63) is 38.5 Å². The lowest BCUT2D eigenvalue weighted by atomic mass is 9.87. The van der Waals surface area contributed by atoms with Gasteiger partial charge in [0.25, 0.3) is 5.91 Å². The molecule has 10 heteroatoms. The van der Waals surface area contributed by atoms with Crippen LogP contribution in [0.5, 0.6) is 0 Å². The molecule has 35 heavy (non-hydrogen) atoms. The minimum absolute atomic E-state index is 0.0241. The zero-order chi connectivity index (χ0) is 24.4. The molecule has 2 aromatic heterocycles. The van der Waals surface area contributed by atoms with E-state index in [0.717, 1.165) is 49.5 Å². The molecule has 3 fully saturated rings. The topological polar surface area (TPSA) is 69.6 Å². The molecule has 0 spiro atoms. The Morgan fingerprint density at radius 3 is 2.17 bits per heavy atom. The zero-order valence-electron chi connectivity index (χ0n) is 19.8. The van der Waals surface area contributed by atoms with E-state index in [-0.39, 0.29) is 11.8 Å². The number of hydrogen-bond acceptors (Lipinski definition) is 6. The third-order valence-corrected chi connectivity index (χ3v) is 9.12. The van der Waals surface area contributed by atoms with E-state index in [9.17, 15) is 9.59 Å². The second-order valence-electron chi connectivity index (χ2n) is 9.74. The van der Waals surface area contributed by atoms with Crippen molar-refractivity contribution in [1.82, 2.24) is 19.8 Å². The molecule has 0 N–H and O–H groups in total. The Hall–Kier alpha value is -1.90. The highest BCUT2D eigenvalue weighted by Gasteiger charge is 2.31. The van der Waals surface area contributed by atoms with Crippen molar-refractivity contribution in [3.63, 3.8) is 0 Å². The van der Waals surface area contributed by atoms with E-state index < -0.39 is 0 Å². The number of aromatic nitrogens is 2. The number of thiazole rings is 1. The van der Waals surface area contributed by atoms with Crippen LogP contribution in [-0.2, 0) is 4.79 Å². The van der Waals surface area contributed by atoms with E-state index in [0.29, 0.717) is 53.7 Å². The lowest BCUT2D eigenvalue weighted by Crippen LogP contribution is -2.49. The van der Waals surface area contributed by atoms with Crippen LogP contribution in [0.1, 0.15) is 66.4 Å². The third kappa shape index (κ3) is 5.44. The molecule has 0 atom stereocenters. The molecule has 2 amide bonds. The molecule has 1 saturated carbocycles. The van der Waals surface area contributed by atoms with Crippen LogP contribution < -0.4 is 4.90 Å². The fourth-order valence-electron chi connectivity index (χ4n) is 5.53. The van der Waals surface area contributed by atoms with Crippen LogP contribution in [0, 0.1) is 5.92 Å². The lowest BCUT2D eigenvalue weighted by molar-refractivity contribution is -0.137. The van der Waals surface area contributed by atoms with Crippen molar-refractivity contribution >= 4 is 52.0 Å². The molecule has 5 rings (SSSR count). The molecule has 0 aromatic carbocycles. The maximum absolute atomic E-state index is 13.1. The second kappa shape index (κ2) is 11.0. The minimum Gasteiger partial charge on any atom is -0.365 e. The maximum Gasteiger partial charge on any atom is 0.273 e. The highest BCUT2D eigenvalue weighted by molar-refractivity contribution is 7.09. The first kappa shape index (κ1) is 24.8. The number of piperazine rings is 1. The first-order valence-electron chi connectivity index (χ1n) is 12.6. The quantitative estimate of drug-likeness (QED) is 0.545. The second-order valence-corrected chi connectivity index (χ2v) is 11.4. The highest BCUT2D eigenvalue weighted by atomic mass is 35.5. The molecule has 2 aromatic rings. The van der Waals surface area contributed by atoms with Crippen molar-refractivity contribution in [1.29, 1.82) is 0 Å². The number of rotatable bonds is 4. The summed E-state index contributed by atoms with van der Waals surface area (Å²) in [5.41, 5.74) is 1.30. The van der Waals surface area contributed by atoms with Crippen LogP contribution in [-0.4, -0.2) is 70.9 Å². The third-order valence-electron chi connectivity index (χ3n) is 7.56. The number of pyridine rings is 1. The Balaban J connectivity index is 1.14. The number of halogens is 2. The number of nitrogens with zero attached hydrogens (tertiary/aromatic N) is 5. The van der Waals surface area contributed by atoms with Gasteiger partial charge in [0.05, 0.1) is 20.7 Å². The molecule has 0 bridgehead atoms. The SMILES string of the molecule is O=C(c1csc(C2CCN(C(=O)C3CCCCC3)CC2)n1)N1CCN(c2c(Cl)cncc2Cl)CC1. The highest BCUT2D eigenvalue weighted by Crippen LogP contribution is 2.34. The van der Waals surface area contributed by atoms with Crippen LogP contribution in [0.2, 0.25) is 10.0 Å². The number of carbonyl (C=O) groups excluding carboxylic acids is 2. The molecule has 2 saturated heterocycles. The molecular weight excluding hydrogens is 505 g/mol. The lowest BCUT2D eigenvalue weighted by Gasteiger charge is -2.36. The molecule has 4 heterocycles. The fourth-order valence-corrected chi connectivity index (χ4v) is 7.10. The molecule has 0 unspecified atom stereocenters. The Bertz CT molecular complexity index is 1040. The van der Waals surface area contributed by atoms with Gasteiger partial charge in [-0.1, -0.05) is 42.5 Å². The van der Waals surface area contributed by atoms with Gasteiger partial charge in [-0.25, -0.2) is 4.98 Å². The smallest absolute Gasteiger partial charge is 0.273 e. The van der Waals surface area contributed by atoms with Gasteiger partial charge >= 0.3 is 0 Å². The van der Waals surface area contributed by atoms with Gasteiger partial charge in [0.15, 0.2) is 0 Å². The summed E-state index contributed by atoms with van der Waals surface area (Å²) < 4.78 is 0. The van der Waals surface area contributed by atoms with E-state index >= 15 is 0 Å². The normalized spacial score (nSPS) is 20.3. The van der Waals surface area contributed by atoms with Crippen LogP contribution in [0.3, 0.4) is 0 Å². The van der Waals surface area contributed by atoms with E-state index in [1.165, 1.54) is 19.3 Å². The van der Waals surface area contributed by atoms with Gasteiger partial charge in [-0.3, -0.25) is 14.6 Å². The summed E-state index contributed by atoms with van der Waals surface area (Å²) in [6.07, 6.45) is 10.8. The van der Waals surface area contributed by atoms with Crippen molar-refractivity contribution in [2.24, 2.45) is 5.92 Å². The van der Waals surface area contributed by atoms with Gasteiger partial charge in [-0.2, -0.15) is 0 Å². The van der Waals surface area contributed by atoms with Gasteiger partial charge in [-0.05, 0) is 25.7 Å². The molecule has 7 nitrogen and oxygen atoms in total. The number of amides is 2. The van der Waals surface area contributed by atoms with Crippen LogP contribution in [0.25, 0.3) is 0 Å². The average Bonchev–Trinajstić information content (AvgIpc) is 3.39. The first-order valence-corrected chi connectivity index (χ1v) is 14.2. The van der Waals surface area contributed by atoms with Gasteiger partial charge < -0.3 is 14.7 Å². The predicted octanol–water partition coefficient (Wildman–Crippen LogP) is 5.09. The van der Waals surface area contributed by atoms with E-state index in [2.05, 4.69) is 14.8 Å². The molecule has 3 aliphatic rings. The predicted molar refractivity (Wildman–Crippen MR) is 140 cm³/mol. The van der Waals surface area contributed by atoms with Crippen LogP contribution in [0.15, 0.2) is 17.8 Å². The number of anilines is 1. The Morgan fingerprint density at radius 1 is 0.857 bits per heavy atom. The Morgan fingerprint density at radius 2 is 1.51 bits per heavy atom. The van der Waals surface area contributed by atoms with Gasteiger partial charge in [0.1, 0.15) is 5.69 Å². The number of likely N-dealkylation sites (tertiary alicyclic amines) is 1. The largest absolute Gasteiger partial charge is 0.365 e. The summed E-state index contributed by atoms with van der Waals surface area (Å²) in [6, 6.07) is 0. The minimum atomic E-state index is -0.0241. The zero-order valence-corrected chi connectivity index (χ0v) is 22.1. The summed E-state index contributed by atoms with van der Waals surface area (Å²) in [5, 5.41) is 3.95. The summed E-state index contributed by atoms with van der Waals surface area (Å²) in [5.74, 6) is 0.885. The van der Waals surface area contributed by atoms with Gasteiger partial charge in [0.2, 0.25) is 5.91 Å². The summed E-state index contributed by atoms with van der Waals surface area (Å²) in [6.45, 7) is 4.07. The summed E-state index contributed by atoms with van der Waals surface area (Å²) >= 11 is 14.2. The monoisotopic (exact) mass is 535 g/mol. The Kier molecular flexibility index (Phi) is 7.80. The van der Waals surface area contributed by atoms with Crippen LogP contribution in [0.4, 0.5) is 5.69 Å².